The van der Waals surface area contributed by atoms with Crippen LogP contribution in [0.5, 0.6) is 0 Å². The lowest BCUT2D eigenvalue weighted by atomic mass is 9.84. The van der Waals surface area contributed by atoms with Gasteiger partial charge in [0.1, 0.15) is 0 Å². The summed E-state index contributed by atoms with van der Waals surface area (Å²) in [6.45, 7) is 1.16. The van der Waals surface area contributed by atoms with Gasteiger partial charge in [0.05, 0.1) is 5.52 Å². The smallest absolute Gasteiger partial charge is 0.0702 e. The Kier molecular flexibility index (Phi) is 2.21. The fourth-order valence-corrected chi connectivity index (χ4v) is 3.49. The van der Waals surface area contributed by atoms with E-state index in [1.807, 2.05) is 0 Å². The van der Waals surface area contributed by atoms with E-state index in [-0.39, 0.29) is 5.54 Å². The summed E-state index contributed by atoms with van der Waals surface area (Å²) >= 11 is 0. The lowest BCUT2D eigenvalue weighted by Gasteiger charge is -2.30. The predicted molar refractivity (Wildman–Crippen MR) is 73.4 cm³/mol. The third-order valence-corrected chi connectivity index (χ3v) is 4.57. The van der Waals surface area contributed by atoms with E-state index in [2.05, 4.69) is 46.8 Å². The zero-order valence-electron chi connectivity index (χ0n) is 10.5. The molecule has 2 heterocycles. The maximum atomic E-state index is 4.64. The second-order valence-corrected chi connectivity index (χ2v) is 5.69. The van der Waals surface area contributed by atoms with Gasteiger partial charge < -0.3 is 5.32 Å². The van der Waals surface area contributed by atoms with E-state index in [1.165, 1.54) is 36.6 Å². The molecule has 18 heavy (non-hydrogen) atoms. The minimum absolute atomic E-state index is 0.233. The zero-order chi connectivity index (χ0) is 12.0. The minimum Gasteiger partial charge on any atom is -0.307 e. The summed E-state index contributed by atoms with van der Waals surface area (Å²) < 4.78 is 0. The first kappa shape index (κ1) is 10.5. The Morgan fingerprint density at radius 1 is 1.22 bits per heavy atom. The lowest BCUT2D eigenvalue weighted by molar-refractivity contribution is 0.335. The van der Waals surface area contributed by atoms with E-state index in [0.29, 0.717) is 0 Å². The van der Waals surface area contributed by atoms with Crippen LogP contribution >= 0.6 is 0 Å². The number of nitrogens with zero attached hydrogens (tertiary/aromatic N) is 1. The Labute approximate surface area is 107 Å². The van der Waals surface area contributed by atoms with Crippen LogP contribution in [0.15, 0.2) is 36.5 Å². The number of fused-ring (bicyclic) bond motifs is 1. The molecule has 1 aromatic heterocycles. The number of pyridine rings is 1. The van der Waals surface area contributed by atoms with Gasteiger partial charge in [-0.05, 0) is 55.8 Å². The molecule has 1 aliphatic heterocycles. The molecule has 0 spiro atoms. The van der Waals surface area contributed by atoms with Gasteiger partial charge in [0.2, 0.25) is 0 Å². The Morgan fingerprint density at radius 2 is 2.11 bits per heavy atom. The first-order chi connectivity index (χ1) is 8.88. The second-order valence-electron chi connectivity index (χ2n) is 5.69. The molecule has 1 atom stereocenters. The standard InChI is InChI=1S/C16H18N2/c1-2-5-15-12(4-1)10-14(11-17-15)16(13-6-7-13)8-3-9-18-16/h1-2,4-5,10-11,13,18H,3,6-9H2. The fourth-order valence-electron chi connectivity index (χ4n) is 3.49. The monoisotopic (exact) mass is 238 g/mol. The molecule has 0 amide bonds. The van der Waals surface area contributed by atoms with Crippen LogP contribution in [0.25, 0.3) is 10.9 Å². The topological polar surface area (TPSA) is 24.9 Å². The van der Waals surface area contributed by atoms with Gasteiger partial charge in [-0.25, -0.2) is 0 Å². The van der Waals surface area contributed by atoms with Crippen LogP contribution in [-0.2, 0) is 5.54 Å². The number of hydrogen-bond donors (Lipinski definition) is 1. The second kappa shape index (κ2) is 3.79. The van der Waals surface area contributed by atoms with Crippen molar-refractivity contribution in [1.29, 1.82) is 0 Å². The van der Waals surface area contributed by atoms with Crippen molar-refractivity contribution in [1.82, 2.24) is 10.3 Å². The SMILES string of the molecule is c1ccc2ncc(C3(C4CC4)CCCN3)cc2c1. The van der Waals surface area contributed by atoms with Crippen molar-refractivity contribution in [3.05, 3.63) is 42.1 Å². The first-order valence-electron chi connectivity index (χ1n) is 6.99. The van der Waals surface area contributed by atoms with Crippen LogP contribution in [0.4, 0.5) is 0 Å². The van der Waals surface area contributed by atoms with Crippen LogP contribution in [-0.4, -0.2) is 11.5 Å². The molecule has 1 saturated heterocycles. The molecule has 2 aliphatic rings. The van der Waals surface area contributed by atoms with Crippen molar-refractivity contribution in [2.45, 2.75) is 31.2 Å². The van der Waals surface area contributed by atoms with Gasteiger partial charge in [0.25, 0.3) is 0 Å². The quantitative estimate of drug-likeness (QED) is 0.869. The Bertz CT molecular complexity index is 580. The van der Waals surface area contributed by atoms with Crippen molar-refractivity contribution >= 4 is 10.9 Å². The van der Waals surface area contributed by atoms with Crippen molar-refractivity contribution in [2.75, 3.05) is 6.54 Å². The summed E-state index contributed by atoms with van der Waals surface area (Å²) in [5, 5.41) is 5.04. The molecule has 1 saturated carbocycles. The van der Waals surface area contributed by atoms with E-state index >= 15 is 0 Å². The summed E-state index contributed by atoms with van der Waals surface area (Å²) in [5.41, 5.74) is 2.74. The van der Waals surface area contributed by atoms with E-state index in [4.69, 9.17) is 0 Å². The summed E-state index contributed by atoms with van der Waals surface area (Å²) in [7, 11) is 0. The van der Waals surface area contributed by atoms with Gasteiger partial charge in [-0.15, -0.1) is 0 Å². The Morgan fingerprint density at radius 3 is 2.89 bits per heavy atom. The Balaban J connectivity index is 1.85. The molecule has 1 aromatic carbocycles. The summed E-state index contributed by atoms with van der Waals surface area (Å²) in [5.74, 6) is 0.836. The van der Waals surface area contributed by atoms with Crippen LogP contribution in [0, 0.1) is 5.92 Å². The summed E-state index contributed by atoms with van der Waals surface area (Å²) in [4.78, 5) is 4.64. The largest absolute Gasteiger partial charge is 0.307 e. The number of para-hydroxylation sites is 1. The number of benzene rings is 1. The summed E-state index contributed by atoms with van der Waals surface area (Å²) in [6.07, 6.45) is 7.42. The lowest BCUT2D eigenvalue weighted by Crippen LogP contribution is -2.39. The molecule has 2 nitrogen and oxygen atoms in total. The van der Waals surface area contributed by atoms with Gasteiger partial charge >= 0.3 is 0 Å². The van der Waals surface area contributed by atoms with Gasteiger partial charge in [-0.1, -0.05) is 18.2 Å². The molecule has 2 heteroatoms. The zero-order valence-corrected chi connectivity index (χ0v) is 10.5. The molecule has 2 aromatic rings. The van der Waals surface area contributed by atoms with E-state index in [1.54, 1.807) is 0 Å². The van der Waals surface area contributed by atoms with Crippen LogP contribution in [0.1, 0.15) is 31.2 Å². The van der Waals surface area contributed by atoms with E-state index in [0.717, 1.165) is 18.0 Å². The number of rotatable bonds is 2. The van der Waals surface area contributed by atoms with Gasteiger partial charge in [0.15, 0.2) is 0 Å². The third-order valence-electron chi connectivity index (χ3n) is 4.57. The highest BCUT2D eigenvalue weighted by Gasteiger charge is 2.48. The predicted octanol–water partition coefficient (Wildman–Crippen LogP) is 3.22. The van der Waals surface area contributed by atoms with Gasteiger partial charge in [0, 0.05) is 17.1 Å². The molecule has 92 valence electrons. The molecule has 0 radical (unpaired) electrons. The number of aromatic nitrogens is 1. The number of nitrogens with one attached hydrogen (secondary N) is 1. The highest BCUT2D eigenvalue weighted by atomic mass is 15.0. The fraction of sp³-hybridized carbons (Fsp3) is 0.438. The van der Waals surface area contributed by atoms with Crippen molar-refractivity contribution in [3.63, 3.8) is 0 Å². The van der Waals surface area contributed by atoms with E-state index < -0.39 is 0 Å². The highest BCUT2D eigenvalue weighted by molar-refractivity contribution is 5.79. The molecule has 1 N–H and O–H groups in total. The molecule has 4 rings (SSSR count). The van der Waals surface area contributed by atoms with Gasteiger partial charge in [-0.3, -0.25) is 4.98 Å². The highest BCUT2D eigenvalue weighted by Crippen LogP contribution is 2.50. The molecule has 0 bridgehead atoms. The van der Waals surface area contributed by atoms with Crippen LogP contribution in [0.3, 0.4) is 0 Å². The first-order valence-corrected chi connectivity index (χ1v) is 6.99. The van der Waals surface area contributed by atoms with Gasteiger partial charge in [-0.2, -0.15) is 0 Å². The maximum Gasteiger partial charge on any atom is 0.0702 e. The molecular weight excluding hydrogens is 220 g/mol. The molecule has 1 aliphatic carbocycles. The minimum atomic E-state index is 0.233. The molecular formula is C16H18N2. The number of hydrogen-bond acceptors (Lipinski definition) is 2. The van der Waals surface area contributed by atoms with Crippen molar-refractivity contribution in [3.8, 4) is 0 Å². The Hall–Kier alpha value is -1.41. The third kappa shape index (κ3) is 1.49. The average Bonchev–Trinajstić information content (AvgIpc) is 3.17. The normalized spacial score (nSPS) is 27.8. The van der Waals surface area contributed by atoms with Crippen LogP contribution in [0.2, 0.25) is 0 Å². The van der Waals surface area contributed by atoms with Crippen molar-refractivity contribution < 1.29 is 0 Å². The maximum absolute atomic E-state index is 4.64. The van der Waals surface area contributed by atoms with E-state index in [9.17, 15) is 0 Å². The van der Waals surface area contributed by atoms with Crippen LogP contribution < -0.4 is 5.32 Å². The average molecular weight is 238 g/mol. The summed E-state index contributed by atoms with van der Waals surface area (Å²) in [6, 6.07) is 10.8. The van der Waals surface area contributed by atoms with Crippen molar-refractivity contribution in [2.24, 2.45) is 5.92 Å². The molecule has 1 unspecified atom stereocenters. The molecule has 2 fully saturated rings.